The van der Waals surface area contributed by atoms with Crippen molar-refractivity contribution in [2.24, 2.45) is 16.8 Å². The summed E-state index contributed by atoms with van der Waals surface area (Å²) in [7, 11) is 5.31. The molecule has 3 rings (SSSR count). The molecular formula is C24H41IN4O3. The molecule has 1 unspecified atom stereocenters. The number of likely N-dealkylation sites (tertiary alicyclic amines) is 2. The van der Waals surface area contributed by atoms with Gasteiger partial charge in [0.1, 0.15) is 5.75 Å². The Morgan fingerprint density at radius 1 is 1.03 bits per heavy atom. The van der Waals surface area contributed by atoms with E-state index in [1.54, 1.807) is 14.2 Å². The lowest BCUT2D eigenvalue weighted by atomic mass is 9.96. The molecule has 0 radical (unpaired) electrons. The third-order valence-corrected chi connectivity index (χ3v) is 6.40. The number of methoxy groups -OCH3 is 2. The second-order valence-electron chi connectivity index (χ2n) is 8.66. The van der Waals surface area contributed by atoms with Gasteiger partial charge in [-0.3, -0.25) is 9.89 Å². The lowest BCUT2D eigenvalue weighted by Crippen LogP contribution is -2.44. The van der Waals surface area contributed by atoms with Crippen molar-refractivity contribution in [1.29, 1.82) is 0 Å². The molecule has 32 heavy (non-hydrogen) atoms. The van der Waals surface area contributed by atoms with Gasteiger partial charge in [-0.25, -0.2) is 0 Å². The minimum atomic E-state index is 0. The monoisotopic (exact) mass is 560 g/mol. The number of halogens is 1. The van der Waals surface area contributed by atoms with Crippen molar-refractivity contribution in [2.45, 2.75) is 25.8 Å². The molecule has 0 amide bonds. The molecule has 2 aliphatic heterocycles. The number of ether oxygens (including phenoxy) is 3. The lowest BCUT2D eigenvalue weighted by Gasteiger charge is -2.33. The third-order valence-electron chi connectivity index (χ3n) is 6.40. The average Bonchev–Trinajstić information content (AvgIpc) is 3.27. The van der Waals surface area contributed by atoms with Gasteiger partial charge in [0.2, 0.25) is 0 Å². The van der Waals surface area contributed by atoms with Crippen LogP contribution in [0.4, 0.5) is 0 Å². The Hall–Kier alpha value is -1.10. The van der Waals surface area contributed by atoms with Crippen LogP contribution >= 0.6 is 24.0 Å². The highest BCUT2D eigenvalue weighted by molar-refractivity contribution is 14.0. The van der Waals surface area contributed by atoms with E-state index in [0.717, 1.165) is 64.0 Å². The van der Waals surface area contributed by atoms with Crippen LogP contribution in [-0.4, -0.2) is 89.6 Å². The normalized spacial score (nSPS) is 20.3. The Morgan fingerprint density at radius 3 is 2.41 bits per heavy atom. The first-order valence-corrected chi connectivity index (χ1v) is 11.6. The topological polar surface area (TPSA) is 58.6 Å². The van der Waals surface area contributed by atoms with Crippen molar-refractivity contribution >= 4 is 29.9 Å². The van der Waals surface area contributed by atoms with Gasteiger partial charge in [0, 0.05) is 46.3 Å². The predicted octanol–water partition coefficient (Wildman–Crippen LogP) is 3.09. The summed E-state index contributed by atoms with van der Waals surface area (Å²) in [5, 5.41) is 3.64. The summed E-state index contributed by atoms with van der Waals surface area (Å²) in [6.45, 7) is 8.57. The summed E-state index contributed by atoms with van der Waals surface area (Å²) in [5.41, 5.74) is 1.35. The van der Waals surface area contributed by atoms with E-state index in [4.69, 9.17) is 14.2 Å². The molecule has 0 saturated carbocycles. The number of guanidine groups is 1. The van der Waals surface area contributed by atoms with Gasteiger partial charge in [0.25, 0.3) is 0 Å². The number of piperidine rings is 1. The molecule has 1 aromatic carbocycles. The van der Waals surface area contributed by atoms with Crippen LogP contribution in [0, 0.1) is 11.8 Å². The summed E-state index contributed by atoms with van der Waals surface area (Å²) >= 11 is 0. The number of hydrogen-bond acceptors (Lipinski definition) is 5. The molecule has 2 saturated heterocycles. The standard InChI is InChI=1S/C24H40N4O3.HI/c1-25-24(28-13-10-22(18-28)19-31-15-14-29-2)26-16-20-8-11-27(12-9-20)17-21-4-6-23(30-3)7-5-21;/h4-7,20,22H,8-19H2,1-3H3,(H,25,26);1H. The van der Waals surface area contributed by atoms with Gasteiger partial charge in [0.05, 0.1) is 26.9 Å². The van der Waals surface area contributed by atoms with Crippen LogP contribution in [0.25, 0.3) is 0 Å². The molecule has 1 N–H and O–H groups in total. The Kier molecular flexibility index (Phi) is 12.7. The van der Waals surface area contributed by atoms with Crippen molar-refractivity contribution in [2.75, 3.05) is 73.8 Å². The van der Waals surface area contributed by atoms with Gasteiger partial charge >= 0.3 is 0 Å². The predicted molar refractivity (Wildman–Crippen MR) is 140 cm³/mol. The lowest BCUT2D eigenvalue weighted by molar-refractivity contribution is 0.0536. The van der Waals surface area contributed by atoms with Crippen LogP contribution in [0.1, 0.15) is 24.8 Å². The highest BCUT2D eigenvalue weighted by Crippen LogP contribution is 2.21. The number of benzene rings is 1. The first-order valence-electron chi connectivity index (χ1n) is 11.6. The fraction of sp³-hybridized carbons (Fsp3) is 0.708. The second kappa shape index (κ2) is 14.9. The SMILES string of the molecule is CN=C(NCC1CCN(Cc2ccc(OC)cc2)CC1)N1CCC(COCCOC)C1.I. The summed E-state index contributed by atoms with van der Waals surface area (Å²) < 4.78 is 16.0. The molecule has 0 bridgehead atoms. The quantitative estimate of drug-likeness (QED) is 0.206. The molecule has 0 spiro atoms. The minimum absolute atomic E-state index is 0. The molecule has 8 heteroatoms. The van der Waals surface area contributed by atoms with Crippen molar-refractivity contribution in [3.8, 4) is 5.75 Å². The van der Waals surface area contributed by atoms with E-state index in [1.165, 1.54) is 18.4 Å². The van der Waals surface area contributed by atoms with E-state index >= 15 is 0 Å². The van der Waals surface area contributed by atoms with E-state index in [9.17, 15) is 0 Å². The fourth-order valence-electron chi connectivity index (χ4n) is 4.46. The van der Waals surface area contributed by atoms with E-state index in [1.807, 2.05) is 19.2 Å². The number of rotatable bonds is 10. The maximum absolute atomic E-state index is 5.72. The van der Waals surface area contributed by atoms with Crippen LogP contribution in [0.2, 0.25) is 0 Å². The van der Waals surface area contributed by atoms with Crippen molar-refractivity contribution in [3.05, 3.63) is 29.8 Å². The average molecular weight is 561 g/mol. The van der Waals surface area contributed by atoms with E-state index in [2.05, 4.69) is 32.2 Å². The highest BCUT2D eigenvalue weighted by atomic mass is 127. The Labute approximate surface area is 210 Å². The number of nitrogens with one attached hydrogen (secondary N) is 1. The highest BCUT2D eigenvalue weighted by Gasteiger charge is 2.26. The molecular weight excluding hydrogens is 519 g/mol. The van der Waals surface area contributed by atoms with Gasteiger partial charge < -0.3 is 24.4 Å². The first-order chi connectivity index (χ1) is 15.2. The largest absolute Gasteiger partial charge is 0.497 e. The Balaban J connectivity index is 0.00000363. The zero-order valence-corrected chi connectivity index (χ0v) is 22.3. The van der Waals surface area contributed by atoms with Crippen LogP contribution in [0.5, 0.6) is 5.75 Å². The van der Waals surface area contributed by atoms with Crippen molar-refractivity contribution < 1.29 is 14.2 Å². The maximum atomic E-state index is 5.72. The van der Waals surface area contributed by atoms with Gasteiger partial charge in [-0.15, -0.1) is 24.0 Å². The van der Waals surface area contributed by atoms with Gasteiger partial charge in [-0.2, -0.15) is 0 Å². The zero-order chi connectivity index (χ0) is 21.9. The van der Waals surface area contributed by atoms with Crippen LogP contribution in [0.3, 0.4) is 0 Å². The molecule has 7 nitrogen and oxygen atoms in total. The summed E-state index contributed by atoms with van der Waals surface area (Å²) in [6.07, 6.45) is 3.63. The van der Waals surface area contributed by atoms with E-state index in [-0.39, 0.29) is 24.0 Å². The maximum Gasteiger partial charge on any atom is 0.193 e. The summed E-state index contributed by atoms with van der Waals surface area (Å²) in [4.78, 5) is 9.47. The van der Waals surface area contributed by atoms with Crippen LogP contribution in [0.15, 0.2) is 29.3 Å². The molecule has 2 aliphatic rings. The smallest absolute Gasteiger partial charge is 0.193 e. The summed E-state index contributed by atoms with van der Waals surface area (Å²) in [6, 6.07) is 8.43. The molecule has 0 aliphatic carbocycles. The second-order valence-corrected chi connectivity index (χ2v) is 8.66. The van der Waals surface area contributed by atoms with Crippen LogP contribution < -0.4 is 10.1 Å². The van der Waals surface area contributed by atoms with E-state index in [0.29, 0.717) is 25.0 Å². The first kappa shape index (κ1) is 27.1. The third kappa shape index (κ3) is 8.68. The summed E-state index contributed by atoms with van der Waals surface area (Å²) in [5.74, 6) is 3.25. The number of nitrogens with zero attached hydrogens (tertiary/aromatic N) is 3. The molecule has 1 atom stereocenters. The molecule has 0 aromatic heterocycles. The molecule has 2 heterocycles. The molecule has 1 aromatic rings. The van der Waals surface area contributed by atoms with Crippen molar-refractivity contribution in [3.63, 3.8) is 0 Å². The van der Waals surface area contributed by atoms with Crippen molar-refractivity contribution in [1.82, 2.24) is 15.1 Å². The van der Waals surface area contributed by atoms with Gasteiger partial charge in [0.15, 0.2) is 5.96 Å². The van der Waals surface area contributed by atoms with Gasteiger partial charge in [-0.1, -0.05) is 12.1 Å². The molecule has 182 valence electrons. The van der Waals surface area contributed by atoms with Crippen LogP contribution in [-0.2, 0) is 16.0 Å². The Morgan fingerprint density at radius 2 is 1.75 bits per heavy atom. The fourth-order valence-corrected chi connectivity index (χ4v) is 4.46. The number of aliphatic imine (C=N–C) groups is 1. The minimum Gasteiger partial charge on any atom is -0.497 e. The molecule has 2 fully saturated rings. The van der Waals surface area contributed by atoms with Gasteiger partial charge in [-0.05, 0) is 56.0 Å². The number of hydrogen-bond donors (Lipinski definition) is 1. The Bertz CT molecular complexity index is 666. The van der Waals surface area contributed by atoms with E-state index < -0.39 is 0 Å². The zero-order valence-electron chi connectivity index (χ0n) is 19.9.